The molecule has 3 nitrogen and oxygen atoms in total. The van der Waals surface area contributed by atoms with Crippen LogP contribution in [0.1, 0.15) is 48.4 Å². The molecule has 1 heterocycles. The third-order valence-electron chi connectivity index (χ3n) is 4.68. The van der Waals surface area contributed by atoms with Crippen LogP contribution in [0.5, 0.6) is 0 Å². The fourth-order valence-corrected chi connectivity index (χ4v) is 5.29. The molecule has 24 heavy (non-hydrogen) atoms. The van der Waals surface area contributed by atoms with Crippen LogP contribution in [0, 0.1) is 6.92 Å². The Labute approximate surface area is 145 Å². The molecule has 128 valence electrons. The highest BCUT2D eigenvalue weighted by molar-refractivity contribution is 7.88. The molecule has 4 heteroatoms. The van der Waals surface area contributed by atoms with Crippen molar-refractivity contribution >= 4 is 10.0 Å². The minimum absolute atomic E-state index is 0.0406. The third-order valence-corrected chi connectivity index (χ3v) is 6.53. The van der Waals surface area contributed by atoms with Gasteiger partial charge in [0, 0.05) is 12.6 Å². The van der Waals surface area contributed by atoms with Crippen molar-refractivity contribution in [3.8, 4) is 0 Å². The Hall–Kier alpha value is -1.65. The molecule has 0 aromatic heterocycles. The van der Waals surface area contributed by atoms with Crippen molar-refractivity contribution in [2.45, 2.75) is 44.4 Å². The Morgan fingerprint density at radius 2 is 1.79 bits per heavy atom. The van der Waals surface area contributed by atoms with Gasteiger partial charge < -0.3 is 0 Å². The Morgan fingerprint density at radius 1 is 1.00 bits per heavy atom. The number of sulfonamides is 1. The van der Waals surface area contributed by atoms with Crippen LogP contribution < -0.4 is 0 Å². The number of nitrogens with zero attached hydrogens (tertiary/aromatic N) is 1. The molecule has 0 spiro atoms. The molecular formula is C20H25NO2S. The van der Waals surface area contributed by atoms with E-state index in [0.29, 0.717) is 6.54 Å². The first-order valence-electron chi connectivity index (χ1n) is 8.66. The maximum absolute atomic E-state index is 13.1. The van der Waals surface area contributed by atoms with E-state index in [4.69, 9.17) is 0 Å². The topological polar surface area (TPSA) is 37.4 Å². The first kappa shape index (κ1) is 17.2. The molecule has 0 amide bonds. The number of rotatable bonds is 4. The largest absolute Gasteiger partial charge is 0.218 e. The van der Waals surface area contributed by atoms with Gasteiger partial charge >= 0.3 is 0 Å². The van der Waals surface area contributed by atoms with Crippen molar-refractivity contribution in [2.75, 3.05) is 6.54 Å². The minimum Gasteiger partial charge on any atom is -0.212 e. The fraction of sp³-hybridized carbons (Fsp3) is 0.400. The molecule has 3 rings (SSSR count). The van der Waals surface area contributed by atoms with Crippen LogP contribution >= 0.6 is 0 Å². The first-order chi connectivity index (χ1) is 11.6. The van der Waals surface area contributed by atoms with E-state index in [9.17, 15) is 8.42 Å². The lowest BCUT2D eigenvalue weighted by atomic mass is 10.0. The zero-order valence-electron chi connectivity index (χ0n) is 14.2. The summed E-state index contributed by atoms with van der Waals surface area (Å²) in [6, 6.07) is 17.7. The van der Waals surface area contributed by atoms with Gasteiger partial charge in [-0.15, -0.1) is 0 Å². The lowest BCUT2D eigenvalue weighted by molar-refractivity contribution is 0.328. The molecule has 0 aliphatic carbocycles. The van der Waals surface area contributed by atoms with E-state index >= 15 is 0 Å². The Morgan fingerprint density at radius 3 is 2.54 bits per heavy atom. The lowest BCUT2D eigenvalue weighted by Gasteiger charge is -2.30. The second-order valence-electron chi connectivity index (χ2n) is 6.63. The van der Waals surface area contributed by atoms with Crippen molar-refractivity contribution < 1.29 is 8.42 Å². The SMILES string of the molecule is Cc1cccc([C@@H]2CCCCCN2S(=O)(=O)Cc2ccccc2)c1. The zero-order chi connectivity index (χ0) is 17.0. The summed E-state index contributed by atoms with van der Waals surface area (Å²) in [5.41, 5.74) is 3.15. The van der Waals surface area contributed by atoms with Gasteiger partial charge in [0.1, 0.15) is 0 Å². The summed E-state index contributed by atoms with van der Waals surface area (Å²) in [5, 5.41) is 0. The molecule has 1 aliphatic heterocycles. The van der Waals surface area contributed by atoms with Gasteiger partial charge in [-0.1, -0.05) is 73.0 Å². The molecule has 0 bridgehead atoms. The lowest BCUT2D eigenvalue weighted by Crippen LogP contribution is -2.35. The van der Waals surface area contributed by atoms with Crippen molar-refractivity contribution in [1.82, 2.24) is 4.31 Å². The molecule has 0 radical (unpaired) electrons. The highest BCUT2D eigenvalue weighted by Crippen LogP contribution is 2.33. The van der Waals surface area contributed by atoms with Crippen molar-refractivity contribution in [3.63, 3.8) is 0 Å². The van der Waals surface area contributed by atoms with E-state index in [1.807, 2.05) is 36.4 Å². The monoisotopic (exact) mass is 343 g/mol. The van der Waals surface area contributed by atoms with Crippen molar-refractivity contribution in [3.05, 3.63) is 71.3 Å². The van der Waals surface area contributed by atoms with Crippen LogP contribution in [0.3, 0.4) is 0 Å². The fourth-order valence-electron chi connectivity index (χ4n) is 3.49. The predicted molar refractivity (Wildman–Crippen MR) is 98.2 cm³/mol. The quantitative estimate of drug-likeness (QED) is 0.823. The summed E-state index contributed by atoms with van der Waals surface area (Å²) < 4.78 is 28.0. The van der Waals surface area contributed by atoms with Gasteiger partial charge in [0.15, 0.2) is 0 Å². The van der Waals surface area contributed by atoms with E-state index < -0.39 is 10.0 Å². The summed E-state index contributed by atoms with van der Waals surface area (Å²) in [4.78, 5) is 0. The average molecular weight is 343 g/mol. The molecule has 1 saturated heterocycles. The standard InChI is InChI=1S/C20H25NO2S/c1-17-9-8-12-19(15-17)20-13-6-3-7-14-21(20)24(22,23)16-18-10-4-2-5-11-18/h2,4-5,8-12,15,20H,3,6-7,13-14,16H2,1H3/t20-/m0/s1. The number of hydrogen-bond donors (Lipinski definition) is 0. The molecule has 1 atom stereocenters. The number of hydrogen-bond acceptors (Lipinski definition) is 2. The van der Waals surface area contributed by atoms with Crippen LogP contribution in [0.2, 0.25) is 0 Å². The summed E-state index contributed by atoms with van der Waals surface area (Å²) >= 11 is 0. The van der Waals surface area contributed by atoms with E-state index in [2.05, 4.69) is 25.1 Å². The molecule has 1 aliphatic rings. The highest BCUT2D eigenvalue weighted by atomic mass is 32.2. The average Bonchev–Trinajstić information content (AvgIpc) is 2.82. The van der Waals surface area contributed by atoms with Gasteiger partial charge in [-0.3, -0.25) is 0 Å². The highest BCUT2D eigenvalue weighted by Gasteiger charge is 2.32. The molecule has 0 saturated carbocycles. The molecular weight excluding hydrogens is 318 g/mol. The summed E-state index contributed by atoms with van der Waals surface area (Å²) in [7, 11) is -3.34. The van der Waals surface area contributed by atoms with E-state index in [0.717, 1.165) is 36.8 Å². The van der Waals surface area contributed by atoms with Crippen molar-refractivity contribution in [2.24, 2.45) is 0 Å². The normalized spacial score (nSPS) is 19.8. The Balaban J connectivity index is 1.92. The molecule has 0 N–H and O–H groups in total. The van der Waals surface area contributed by atoms with Crippen LogP contribution in [-0.4, -0.2) is 19.3 Å². The van der Waals surface area contributed by atoms with E-state index in [1.54, 1.807) is 4.31 Å². The maximum Gasteiger partial charge on any atom is 0.218 e. The van der Waals surface area contributed by atoms with Crippen LogP contribution in [-0.2, 0) is 15.8 Å². The molecule has 0 unspecified atom stereocenters. The summed E-state index contributed by atoms with van der Waals surface area (Å²) in [6.45, 7) is 2.68. The Kier molecular flexibility index (Phi) is 5.36. The maximum atomic E-state index is 13.1. The Bertz CT molecular complexity index is 771. The van der Waals surface area contributed by atoms with E-state index in [1.165, 1.54) is 5.56 Å². The van der Waals surface area contributed by atoms with Gasteiger partial charge in [0.2, 0.25) is 10.0 Å². The number of aryl methyl sites for hydroxylation is 1. The van der Waals surface area contributed by atoms with Crippen LogP contribution in [0.4, 0.5) is 0 Å². The van der Waals surface area contributed by atoms with Gasteiger partial charge in [0.25, 0.3) is 0 Å². The summed E-state index contributed by atoms with van der Waals surface area (Å²) in [6.07, 6.45) is 4.02. The van der Waals surface area contributed by atoms with Gasteiger partial charge in [-0.2, -0.15) is 4.31 Å². The number of benzene rings is 2. The summed E-state index contributed by atoms with van der Waals surface area (Å²) in [5.74, 6) is 0.0795. The van der Waals surface area contributed by atoms with Crippen molar-refractivity contribution in [1.29, 1.82) is 0 Å². The van der Waals surface area contributed by atoms with Crippen LogP contribution in [0.25, 0.3) is 0 Å². The second-order valence-corrected chi connectivity index (χ2v) is 8.55. The van der Waals surface area contributed by atoms with Gasteiger partial charge in [0.05, 0.1) is 5.75 Å². The smallest absolute Gasteiger partial charge is 0.212 e. The minimum atomic E-state index is -3.34. The van der Waals surface area contributed by atoms with E-state index in [-0.39, 0.29) is 11.8 Å². The molecule has 1 fully saturated rings. The molecule has 2 aromatic carbocycles. The van der Waals surface area contributed by atoms with Gasteiger partial charge in [-0.05, 0) is 30.9 Å². The van der Waals surface area contributed by atoms with Gasteiger partial charge in [-0.25, -0.2) is 8.42 Å². The predicted octanol–water partition coefficient (Wildman–Crippen LogP) is 4.44. The second kappa shape index (κ2) is 7.49. The zero-order valence-corrected chi connectivity index (χ0v) is 15.0. The third kappa shape index (κ3) is 4.05. The molecule has 2 aromatic rings. The van der Waals surface area contributed by atoms with Crippen LogP contribution in [0.15, 0.2) is 54.6 Å². The first-order valence-corrected chi connectivity index (χ1v) is 10.3.